The molecule has 0 saturated carbocycles. The first-order valence-corrected chi connectivity index (χ1v) is 6.80. The fourth-order valence-electron chi connectivity index (χ4n) is 2.76. The number of hydrogen-bond donors (Lipinski definition) is 2. The molecule has 110 valence electrons. The van der Waals surface area contributed by atoms with Crippen LogP contribution in [-0.4, -0.2) is 38.8 Å². The average Bonchev–Trinajstić information content (AvgIpc) is 3.05. The highest BCUT2D eigenvalue weighted by Gasteiger charge is 2.36. The number of aryl methyl sites for hydroxylation is 1. The number of H-pyrrole nitrogens is 1. The SMILES string of the molecule is Cc1[nH]ncc1C(=O)N1C[C@@H](O)C[C@H]1c1ccc(F)cc1. The van der Waals surface area contributed by atoms with Crippen molar-refractivity contribution in [1.82, 2.24) is 15.1 Å². The lowest BCUT2D eigenvalue weighted by atomic mass is 10.0. The Balaban J connectivity index is 1.91. The van der Waals surface area contributed by atoms with E-state index in [1.54, 1.807) is 24.0 Å². The second-order valence-electron chi connectivity index (χ2n) is 5.32. The number of likely N-dealkylation sites (tertiary alicyclic amines) is 1. The Morgan fingerprint density at radius 3 is 2.76 bits per heavy atom. The molecule has 21 heavy (non-hydrogen) atoms. The topological polar surface area (TPSA) is 69.2 Å². The van der Waals surface area contributed by atoms with E-state index in [0.717, 1.165) is 5.56 Å². The number of nitrogens with zero attached hydrogens (tertiary/aromatic N) is 2. The number of carbonyl (C=O) groups is 1. The molecule has 1 fully saturated rings. The van der Waals surface area contributed by atoms with Gasteiger partial charge in [-0.25, -0.2) is 4.39 Å². The summed E-state index contributed by atoms with van der Waals surface area (Å²) in [5, 5.41) is 16.5. The maximum Gasteiger partial charge on any atom is 0.257 e. The molecular formula is C15H16FN3O2. The van der Waals surface area contributed by atoms with Crippen LogP contribution in [0.15, 0.2) is 30.5 Å². The Bertz CT molecular complexity index is 653. The van der Waals surface area contributed by atoms with Gasteiger partial charge in [0.2, 0.25) is 0 Å². The summed E-state index contributed by atoms with van der Waals surface area (Å²) >= 11 is 0. The van der Waals surface area contributed by atoms with E-state index in [1.165, 1.54) is 18.3 Å². The van der Waals surface area contributed by atoms with Crippen molar-refractivity contribution in [2.75, 3.05) is 6.54 Å². The lowest BCUT2D eigenvalue weighted by Gasteiger charge is -2.24. The molecule has 1 aliphatic rings. The van der Waals surface area contributed by atoms with E-state index in [0.29, 0.717) is 17.7 Å². The molecule has 0 radical (unpaired) electrons. The van der Waals surface area contributed by atoms with E-state index in [2.05, 4.69) is 10.2 Å². The van der Waals surface area contributed by atoms with Gasteiger partial charge in [0.25, 0.3) is 5.91 Å². The minimum atomic E-state index is -0.573. The van der Waals surface area contributed by atoms with E-state index in [-0.39, 0.29) is 24.3 Å². The lowest BCUT2D eigenvalue weighted by Crippen LogP contribution is -2.32. The molecule has 1 aromatic heterocycles. The van der Waals surface area contributed by atoms with Crippen molar-refractivity contribution in [2.45, 2.75) is 25.5 Å². The van der Waals surface area contributed by atoms with Crippen LogP contribution < -0.4 is 0 Å². The van der Waals surface area contributed by atoms with E-state index >= 15 is 0 Å². The number of hydrogen-bond acceptors (Lipinski definition) is 3. The van der Waals surface area contributed by atoms with Crippen LogP contribution in [-0.2, 0) is 0 Å². The first kappa shape index (κ1) is 13.8. The average molecular weight is 289 g/mol. The van der Waals surface area contributed by atoms with Gasteiger partial charge in [0.1, 0.15) is 5.82 Å². The number of β-amino-alcohol motifs (C(OH)–C–C–N with tert-alkyl or cyclic N) is 1. The number of aromatic nitrogens is 2. The van der Waals surface area contributed by atoms with Gasteiger partial charge in [-0.3, -0.25) is 9.89 Å². The van der Waals surface area contributed by atoms with Crippen molar-refractivity contribution in [3.8, 4) is 0 Å². The number of aromatic amines is 1. The molecule has 2 aromatic rings. The summed E-state index contributed by atoms with van der Waals surface area (Å²) in [7, 11) is 0. The third kappa shape index (κ3) is 2.54. The highest BCUT2D eigenvalue weighted by molar-refractivity contribution is 5.95. The molecule has 1 amide bonds. The molecule has 2 atom stereocenters. The molecule has 0 aliphatic carbocycles. The minimum absolute atomic E-state index is 0.174. The van der Waals surface area contributed by atoms with Gasteiger partial charge in [-0.15, -0.1) is 0 Å². The zero-order valence-electron chi connectivity index (χ0n) is 11.6. The number of aliphatic hydroxyl groups is 1. The van der Waals surface area contributed by atoms with Gasteiger partial charge in [-0.2, -0.15) is 5.10 Å². The molecule has 5 nitrogen and oxygen atoms in total. The van der Waals surface area contributed by atoms with Crippen molar-refractivity contribution < 1.29 is 14.3 Å². The monoisotopic (exact) mass is 289 g/mol. The predicted molar refractivity (Wildman–Crippen MR) is 74.1 cm³/mol. The molecule has 3 rings (SSSR count). The Kier molecular flexibility index (Phi) is 3.47. The maximum atomic E-state index is 13.0. The Morgan fingerprint density at radius 2 is 2.14 bits per heavy atom. The van der Waals surface area contributed by atoms with Gasteiger partial charge in [0.15, 0.2) is 0 Å². The highest BCUT2D eigenvalue weighted by Crippen LogP contribution is 2.33. The Labute approximate surface area is 121 Å². The van der Waals surface area contributed by atoms with Gasteiger partial charge in [0.05, 0.1) is 23.9 Å². The summed E-state index contributed by atoms with van der Waals surface area (Å²) in [4.78, 5) is 14.2. The molecule has 1 aromatic carbocycles. The molecule has 2 heterocycles. The number of carbonyl (C=O) groups excluding carboxylic acids is 1. The maximum absolute atomic E-state index is 13.0. The zero-order chi connectivity index (χ0) is 15.0. The van der Waals surface area contributed by atoms with Crippen LogP contribution in [0.25, 0.3) is 0 Å². The third-order valence-electron chi connectivity index (χ3n) is 3.85. The van der Waals surface area contributed by atoms with Crippen LogP contribution >= 0.6 is 0 Å². The van der Waals surface area contributed by atoms with E-state index in [9.17, 15) is 14.3 Å². The first-order valence-electron chi connectivity index (χ1n) is 6.80. The second kappa shape index (κ2) is 5.29. The molecule has 1 saturated heterocycles. The number of amides is 1. The van der Waals surface area contributed by atoms with Crippen LogP contribution in [0, 0.1) is 12.7 Å². The normalized spacial score (nSPS) is 21.8. The molecular weight excluding hydrogens is 273 g/mol. The Morgan fingerprint density at radius 1 is 1.43 bits per heavy atom. The molecule has 0 bridgehead atoms. The van der Waals surface area contributed by atoms with Crippen LogP contribution in [0.5, 0.6) is 0 Å². The standard InChI is InChI=1S/C15H16FN3O2/c1-9-13(7-17-18-9)15(21)19-8-12(20)6-14(19)10-2-4-11(16)5-3-10/h2-5,7,12,14,20H,6,8H2,1H3,(H,17,18)/t12-,14-/m0/s1. The molecule has 0 spiro atoms. The Hall–Kier alpha value is -2.21. The fourth-order valence-corrected chi connectivity index (χ4v) is 2.76. The summed E-state index contributed by atoms with van der Waals surface area (Å²) in [5.41, 5.74) is 2.01. The summed E-state index contributed by atoms with van der Waals surface area (Å²) < 4.78 is 13.0. The number of rotatable bonds is 2. The van der Waals surface area contributed by atoms with Crippen LogP contribution in [0.2, 0.25) is 0 Å². The highest BCUT2D eigenvalue weighted by atomic mass is 19.1. The summed E-state index contributed by atoms with van der Waals surface area (Å²) in [6.45, 7) is 2.05. The number of benzene rings is 1. The zero-order valence-corrected chi connectivity index (χ0v) is 11.6. The van der Waals surface area contributed by atoms with Gasteiger partial charge in [-0.05, 0) is 31.0 Å². The van der Waals surface area contributed by atoms with E-state index in [1.807, 2.05) is 0 Å². The van der Waals surface area contributed by atoms with Gasteiger partial charge < -0.3 is 10.0 Å². The molecule has 6 heteroatoms. The van der Waals surface area contributed by atoms with Gasteiger partial charge in [-0.1, -0.05) is 12.1 Å². The number of nitrogens with one attached hydrogen (secondary N) is 1. The van der Waals surface area contributed by atoms with Crippen molar-refractivity contribution in [1.29, 1.82) is 0 Å². The third-order valence-corrected chi connectivity index (χ3v) is 3.85. The first-order chi connectivity index (χ1) is 10.1. The summed E-state index contributed by atoms with van der Waals surface area (Å²) in [6.07, 6.45) is 1.37. The van der Waals surface area contributed by atoms with Crippen LogP contribution in [0.3, 0.4) is 0 Å². The summed E-state index contributed by atoms with van der Waals surface area (Å²) in [6, 6.07) is 5.79. The van der Waals surface area contributed by atoms with Crippen molar-refractivity contribution in [3.63, 3.8) is 0 Å². The molecule has 0 unspecified atom stereocenters. The van der Waals surface area contributed by atoms with Crippen molar-refractivity contribution >= 4 is 5.91 Å². The smallest absolute Gasteiger partial charge is 0.257 e. The fraction of sp³-hybridized carbons (Fsp3) is 0.333. The van der Waals surface area contributed by atoms with Crippen LogP contribution in [0.4, 0.5) is 4.39 Å². The van der Waals surface area contributed by atoms with Crippen molar-refractivity contribution in [3.05, 3.63) is 53.1 Å². The predicted octanol–water partition coefficient (Wildman–Crippen LogP) is 1.81. The largest absolute Gasteiger partial charge is 0.391 e. The number of aliphatic hydroxyl groups excluding tert-OH is 1. The lowest BCUT2D eigenvalue weighted by molar-refractivity contribution is 0.0715. The minimum Gasteiger partial charge on any atom is -0.391 e. The van der Waals surface area contributed by atoms with Crippen LogP contribution in [0.1, 0.15) is 34.1 Å². The summed E-state index contributed by atoms with van der Waals surface area (Å²) in [5.74, 6) is -0.493. The second-order valence-corrected chi connectivity index (χ2v) is 5.32. The molecule has 2 N–H and O–H groups in total. The van der Waals surface area contributed by atoms with Crippen molar-refractivity contribution in [2.24, 2.45) is 0 Å². The van der Waals surface area contributed by atoms with Gasteiger partial charge in [0, 0.05) is 12.2 Å². The number of halogens is 1. The quantitative estimate of drug-likeness (QED) is 0.886. The molecule has 1 aliphatic heterocycles. The van der Waals surface area contributed by atoms with Gasteiger partial charge >= 0.3 is 0 Å². The van der Waals surface area contributed by atoms with E-state index in [4.69, 9.17) is 0 Å². The van der Waals surface area contributed by atoms with E-state index < -0.39 is 6.10 Å².